The molecule has 0 bridgehead atoms. The molecule has 1 fully saturated rings. The van der Waals surface area contributed by atoms with Gasteiger partial charge in [0.1, 0.15) is 5.75 Å². The molecule has 94 valence electrons. The van der Waals surface area contributed by atoms with Gasteiger partial charge in [0.25, 0.3) is 0 Å². The first-order valence-corrected chi connectivity index (χ1v) is 6.67. The number of benzene rings is 1. The zero-order chi connectivity index (χ0) is 12.1. The summed E-state index contributed by atoms with van der Waals surface area (Å²) >= 11 is 0. The first kappa shape index (κ1) is 12.4. The summed E-state index contributed by atoms with van der Waals surface area (Å²) in [6.07, 6.45) is 3.96. The highest BCUT2D eigenvalue weighted by molar-refractivity contribution is 5.33. The minimum absolute atomic E-state index is 0.770. The molecule has 1 aliphatic carbocycles. The Kier molecular flexibility index (Phi) is 4.43. The molecule has 0 aromatic heterocycles. The molecule has 17 heavy (non-hydrogen) atoms. The number of nitrogens with one attached hydrogen (secondary N) is 1. The summed E-state index contributed by atoms with van der Waals surface area (Å²) in [4.78, 5) is 0. The van der Waals surface area contributed by atoms with Crippen molar-refractivity contribution < 1.29 is 4.74 Å². The quantitative estimate of drug-likeness (QED) is 0.782. The van der Waals surface area contributed by atoms with Gasteiger partial charge in [-0.15, -0.1) is 0 Å². The Hall–Kier alpha value is -1.02. The number of methoxy groups -OCH3 is 1. The zero-order valence-corrected chi connectivity index (χ0v) is 10.9. The van der Waals surface area contributed by atoms with Gasteiger partial charge in [-0.05, 0) is 55.8 Å². The highest BCUT2D eigenvalue weighted by atomic mass is 16.5. The maximum atomic E-state index is 5.43. The van der Waals surface area contributed by atoms with Crippen molar-refractivity contribution in [3.05, 3.63) is 29.8 Å². The molecule has 0 aliphatic heterocycles. The number of para-hydroxylation sites is 1. The van der Waals surface area contributed by atoms with Crippen LogP contribution in [0.4, 0.5) is 0 Å². The van der Waals surface area contributed by atoms with E-state index in [-0.39, 0.29) is 0 Å². The average Bonchev–Trinajstić information content (AvgIpc) is 3.19. The van der Waals surface area contributed by atoms with Gasteiger partial charge in [-0.3, -0.25) is 0 Å². The van der Waals surface area contributed by atoms with Crippen LogP contribution >= 0.6 is 0 Å². The van der Waals surface area contributed by atoms with Crippen molar-refractivity contribution in [2.24, 2.45) is 11.8 Å². The van der Waals surface area contributed by atoms with Gasteiger partial charge in [0.2, 0.25) is 0 Å². The molecule has 1 unspecified atom stereocenters. The molecule has 1 saturated carbocycles. The summed E-state index contributed by atoms with van der Waals surface area (Å²) in [5.74, 6) is 2.74. The van der Waals surface area contributed by atoms with Gasteiger partial charge in [0, 0.05) is 0 Å². The predicted molar refractivity (Wildman–Crippen MR) is 71.5 cm³/mol. The fraction of sp³-hybridized carbons (Fsp3) is 0.600. The second-order valence-corrected chi connectivity index (χ2v) is 4.92. The van der Waals surface area contributed by atoms with Crippen molar-refractivity contribution >= 4 is 0 Å². The van der Waals surface area contributed by atoms with Crippen LogP contribution in [0.5, 0.6) is 5.75 Å². The van der Waals surface area contributed by atoms with E-state index in [1.54, 1.807) is 7.11 Å². The third-order valence-corrected chi connectivity index (χ3v) is 3.62. The van der Waals surface area contributed by atoms with Gasteiger partial charge in [0.15, 0.2) is 0 Å². The fourth-order valence-electron chi connectivity index (χ4n) is 2.46. The maximum Gasteiger partial charge on any atom is 0.122 e. The van der Waals surface area contributed by atoms with Gasteiger partial charge in [0.05, 0.1) is 7.11 Å². The van der Waals surface area contributed by atoms with Crippen LogP contribution in [0.1, 0.15) is 25.3 Å². The standard InChI is InChI=1S/C15H23NO/c1-3-16-11-14(12-8-9-12)10-13-6-4-5-7-15(13)17-2/h4-7,12,14,16H,3,8-11H2,1-2H3. The molecule has 0 amide bonds. The van der Waals surface area contributed by atoms with Crippen LogP contribution in [0.2, 0.25) is 0 Å². The van der Waals surface area contributed by atoms with Crippen LogP contribution in [-0.2, 0) is 6.42 Å². The third kappa shape index (κ3) is 3.47. The molecule has 1 N–H and O–H groups in total. The SMILES string of the molecule is CCNCC(Cc1ccccc1OC)C1CC1. The molecule has 2 nitrogen and oxygen atoms in total. The largest absolute Gasteiger partial charge is 0.496 e. The van der Waals surface area contributed by atoms with Crippen molar-refractivity contribution in [1.29, 1.82) is 0 Å². The summed E-state index contributed by atoms with van der Waals surface area (Å²) in [7, 11) is 1.76. The minimum Gasteiger partial charge on any atom is -0.496 e. The molecule has 1 aliphatic rings. The number of rotatable bonds is 7. The van der Waals surface area contributed by atoms with E-state index in [0.717, 1.165) is 37.1 Å². The Morgan fingerprint density at radius 1 is 1.35 bits per heavy atom. The lowest BCUT2D eigenvalue weighted by Crippen LogP contribution is -2.25. The smallest absolute Gasteiger partial charge is 0.122 e. The van der Waals surface area contributed by atoms with Crippen LogP contribution in [0.3, 0.4) is 0 Å². The van der Waals surface area contributed by atoms with Crippen molar-refractivity contribution in [1.82, 2.24) is 5.32 Å². The van der Waals surface area contributed by atoms with E-state index in [9.17, 15) is 0 Å². The zero-order valence-electron chi connectivity index (χ0n) is 10.9. The second-order valence-electron chi connectivity index (χ2n) is 4.92. The number of hydrogen-bond acceptors (Lipinski definition) is 2. The molecule has 0 saturated heterocycles. The van der Waals surface area contributed by atoms with E-state index in [4.69, 9.17) is 4.74 Å². The first-order chi connectivity index (χ1) is 8.35. The third-order valence-electron chi connectivity index (χ3n) is 3.62. The molecule has 1 atom stereocenters. The van der Waals surface area contributed by atoms with E-state index in [0.29, 0.717) is 0 Å². The van der Waals surface area contributed by atoms with E-state index in [1.807, 2.05) is 6.07 Å². The lowest BCUT2D eigenvalue weighted by molar-refractivity contribution is 0.391. The first-order valence-electron chi connectivity index (χ1n) is 6.67. The average molecular weight is 233 g/mol. The van der Waals surface area contributed by atoms with Crippen molar-refractivity contribution in [3.63, 3.8) is 0 Å². The monoisotopic (exact) mass is 233 g/mol. The molecule has 0 radical (unpaired) electrons. The van der Waals surface area contributed by atoms with E-state index in [2.05, 4.69) is 30.4 Å². The second kappa shape index (κ2) is 6.06. The number of ether oxygens (including phenoxy) is 1. The van der Waals surface area contributed by atoms with Gasteiger partial charge in [-0.25, -0.2) is 0 Å². The topological polar surface area (TPSA) is 21.3 Å². The molecule has 2 rings (SSSR count). The summed E-state index contributed by atoms with van der Waals surface area (Å²) in [6.45, 7) is 4.38. The molecule has 0 spiro atoms. The van der Waals surface area contributed by atoms with Gasteiger partial charge < -0.3 is 10.1 Å². The Morgan fingerprint density at radius 2 is 2.12 bits per heavy atom. The van der Waals surface area contributed by atoms with Crippen LogP contribution < -0.4 is 10.1 Å². The van der Waals surface area contributed by atoms with E-state index >= 15 is 0 Å². The lowest BCUT2D eigenvalue weighted by Gasteiger charge is -2.18. The molecular formula is C15H23NO. The maximum absolute atomic E-state index is 5.43. The fourth-order valence-corrected chi connectivity index (χ4v) is 2.46. The highest BCUT2D eigenvalue weighted by Crippen LogP contribution is 2.39. The summed E-state index contributed by atoms with van der Waals surface area (Å²) < 4.78 is 5.43. The van der Waals surface area contributed by atoms with E-state index < -0.39 is 0 Å². The highest BCUT2D eigenvalue weighted by Gasteiger charge is 2.31. The van der Waals surface area contributed by atoms with Crippen LogP contribution in [0, 0.1) is 11.8 Å². The molecular weight excluding hydrogens is 210 g/mol. The van der Waals surface area contributed by atoms with Crippen LogP contribution in [0.25, 0.3) is 0 Å². The Morgan fingerprint density at radius 3 is 2.76 bits per heavy atom. The van der Waals surface area contributed by atoms with Crippen molar-refractivity contribution in [2.45, 2.75) is 26.2 Å². The Bertz CT molecular complexity index is 347. The molecule has 2 heteroatoms. The predicted octanol–water partition coefficient (Wildman–Crippen LogP) is 2.87. The molecule has 1 aromatic rings. The van der Waals surface area contributed by atoms with Gasteiger partial charge >= 0.3 is 0 Å². The van der Waals surface area contributed by atoms with Crippen LogP contribution in [0.15, 0.2) is 24.3 Å². The number of hydrogen-bond donors (Lipinski definition) is 1. The Balaban J connectivity index is 2.00. The van der Waals surface area contributed by atoms with Crippen LogP contribution in [-0.4, -0.2) is 20.2 Å². The minimum atomic E-state index is 0.770. The summed E-state index contributed by atoms with van der Waals surface area (Å²) in [6, 6.07) is 8.40. The normalized spacial score (nSPS) is 16.8. The lowest BCUT2D eigenvalue weighted by atomic mass is 9.94. The van der Waals surface area contributed by atoms with Crippen molar-refractivity contribution in [2.75, 3.05) is 20.2 Å². The molecule has 1 aromatic carbocycles. The van der Waals surface area contributed by atoms with Crippen molar-refractivity contribution in [3.8, 4) is 5.75 Å². The summed E-state index contributed by atoms with van der Waals surface area (Å²) in [5.41, 5.74) is 1.35. The van der Waals surface area contributed by atoms with Gasteiger partial charge in [-0.2, -0.15) is 0 Å². The van der Waals surface area contributed by atoms with E-state index in [1.165, 1.54) is 18.4 Å². The van der Waals surface area contributed by atoms with Gasteiger partial charge in [-0.1, -0.05) is 25.1 Å². The Labute approximate surface area is 104 Å². The summed E-state index contributed by atoms with van der Waals surface area (Å²) in [5, 5.41) is 3.49. The molecule has 0 heterocycles.